The summed E-state index contributed by atoms with van der Waals surface area (Å²) in [5.74, 6) is 1.35. The fourth-order valence-electron chi connectivity index (χ4n) is 1.65. The summed E-state index contributed by atoms with van der Waals surface area (Å²) >= 11 is 0. The minimum atomic E-state index is -0.0802. The van der Waals surface area contributed by atoms with Crippen molar-refractivity contribution in [3.63, 3.8) is 0 Å². The second kappa shape index (κ2) is 8.40. The molecule has 1 rings (SSSR count). The van der Waals surface area contributed by atoms with Gasteiger partial charge in [-0.2, -0.15) is 0 Å². The summed E-state index contributed by atoms with van der Waals surface area (Å²) in [7, 11) is 1.66. The molecule has 4 heteroatoms. The molecular weight excluding hydrogens is 240 g/mol. The average molecular weight is 264 g/mol. The van der Waals surface area contributed by atoms with E-state index in [1.807, 2.05) is 12.1 Å². The Bertz CT molecular complexity index is 374. The van der Waals surface area contributed by atoms with Crippen molar-refractivity contribution in [2.24, 2.45) is 5.92 Å². The number of hydrogen-bond donors (Lipinski definition) is 2. The van der Waals surface area contributed by atoms with E-state index in [9.17, 15) is 4.79 Å². The molecule has 0 saturated carbocycles. The number of rotatable bonds is 7. The van der Waals surface area contributed by atoms with Crippen LogP contribution in [0.3, 0.4) is 0 Å². The Balaban J connectivity index is 2.14. The van der Waals surface area contributed by atoms with Gasteiger partial charge >= 0.3 is 6.03 Å². The van der Waals surface area contributed by atoms with Gasteiger partial charge in [0.15, 0.2) is 0 Å². The molecular formula is C15H24N2O2. The lowest BCUT2D eigenvalue weighted by atomic mass is 10.1. The van der Waals surface area contributed by atoms with Gasteiger partial charge in [0.2, 0.25) is 0 Å². The molecule has 0 atom stereocenters. The monoisotopic (exact) mass is 264 g/mol. The van der Waals surface area contributed by atoms with Crippen LogP contribution < -0.4 is 15.4 Å². The smallest absolute Gasteiger partial charge is 0.314 e. The van der Waals surface area contributed by atoms with E-state index < -0.39 is 0 Å². The maximum atomic E-state index is 11.4. The first-order valence-electron chi connectivity index (χ1n) is 6.76. The maximum Gasteiger partial charge on any atom is 0.314 e. The first-order chi connectivity index (χ1) is 9.11. The van der Waals surface area contributed by atoms with Crippen LogP contribution in [0.2, 0.25) is 0 Å². The second-order valence-corrected chi connectivity index (χ2v) is 4.98. The number of benzene rings is 1. The summed E-state index contributed by atoms with van der Waals surface area (Å²) in [6.45, 7) is 5.55. The van der Waals surface area contributed by atoms with Crippen LogP contribution >= 0.6 is 0 Å². The fourth-order valence-corrected chi connectivity index (χ4v) is 1.65. The van der Waals surface area contributed by atoms with Crippen LogP contribution in [-0.4, -0.2) is 26.2 Å². The molecule has 1 aromatic rings. The maximum absolute atomic E-state index is 11.4. The molecule has 4 nitrogen and oxygen atoms in total. The van der Waals surface area contributed by atoms with Crippen LogP contribution in [0.5, 0.6) is 5.75 Å². The zero-order chi connectivity index (χ0) is 14.1. The van der Waals surface area contributed by atoms with Gasteiger partial charge in [-0.05, 0) is 36.5 Å². The summed E-state index contributed by atoms with van der Waals surface area (Å²) in [6, 6.07) is 7.94. The van der Waals surface area contributed by atoms with Gasteiger partial charge in [0.25, 0.3) is 0 Å². The Morgan fingerprint density at radius 3 is 2.47 bits per heavy atom. The van der Waals surface area contributed by atoms with Crippen molar-refractivity contribution in [2.75, 3.05) is 20.2 Å². The molecule has 0 bridgehead atoms. The van der Waals surface area contributed by atoms with Gasteiger partial charge in [0.1, 0.15) is 5.75 Å². The third kappa shape index (κ3) is 6.70. The van der Waals surface area contributed by atoms with E-state index in [2.05, 4.69) is 36.6 Å². The SMILES string of the molecule is COc1ccc(CCCNC(=O)NCC(C)C)cc1. The van der Waals surface area contributed by atoms with Gasteiger partial charge in [-0.15, -0.1) is 0 Å². The number of nitrogens with one attached hydrogen (secondary N) is 2. The van der Waals surface area contributed by atoms with E-state index in [4.69, 9.17) is 4.74 Å². The lowest BCUT2D eigenvalue weighted by Gasteiger charge is -2.09. The van der Waals surface area contributed by atoms with Crippen LogP contribution in [0.4, 0.5) is 4.79 Å². The van der Waals surface area contributed by atoms with Crippen molar-refractivity contribution in [2.45, 2.75) is 26.7 Å². The predicted octanol–water partition coefficient (Wildman–Crippen LogP) is 2.58. The van der Waals surface area contributed by atoms with E-state index in [1.165, 1.54) is 5.56 Å². The van der Waals surface area contributed by atoms with Gasteiger partial charge in [-0.25, -0.2) is 4.79 Å². The Morgan fingerprint density at radius 1 is 1.21 bits per heavy atom. The molecule has 0 aliphatic carbocycles. The molecule has 0 heterocycles. The summed E-state index contributed by atoms with van der Waals surface area (Å²) in [6.07, 6.45) is 1.88. The summed E-state index contributed by atoms with van der Waals surface area (Å²) in [5, 5.41) is 5.69. The second-order valence-electron chi connectivity index (χ2n) is 4.98. The molecule has 2 amide bonds. The highest BCUT2D eigenvalue weighted by atomic mass is 16.5. The zero-order valence-corrected chi connectivity index (χ0v) is 12.0. The van der Waals surface area contributed by atoms with Crippen LogP contribution in [-0.2, 0) is 6.42 Å². The predicted molar refractivity (Wildman–Crippen MR) is 77.6 cm³/mol. The van der Waals surface area contributed by atoms with E-state index >= 15 is 0 Å². The van der Waals surface area contributed by atoms with Crippen LogP contribution in [0.25, 0.3) is 0 Å². The molecule has 0 radical (unpaired) electrons. The molecule has 0 aromatic heterocycles. The summed E-state index contributed by atoms with van der Waals surface area (Å²) in [5.41, 5.74) is 1.25. The van der Waals surface area contributed by atoms with Crippen LogP contribution in [0, 0.1) is 5.92 Å². The third-order valence-electron chi connectivity index (χ3n) is 2.76. The molecule has 0 unspecified atom stereocenters. The molecule has 0 aliphatic heterocycles. The zero-order valence-electron chi connectivity index (χ0n) is 12.0. The topological polar surface area (TPSA) is 50.4 Å². The molecule has 0 saturated heterocycles. The number of carbonyl (C=O) groups excluding carboxylic acids is 1. The van der Waals surface area contributed by atoms with Crippen molar-refractivity contribution in [1.82, 2.24) is 10.6 Å². The van der Waals surface area contributed by atoms with E-state index in [0.29, 0.717) is 19.0 Å². The average Bonchev–Trinajstić information content (AvgIpc) is 2.42. The number of hydrogen-bond acceptors (Lipinski definition) is 2. The molecule has 19 heavy (non-hydrogen) atoms. The lowest BCUT2D eigenvalue weighted by molar-refractivity contribution is 0.239. The van der Waals surface area contributed by atoms with E-state index in [1.54, 1.807) is 7.11 Å². The first-order valence-corrected chi connectivity index (χ1v) is 6.76. The number of methoxy groups -OCH3 is 1. The highest BCUT2D eigenvalue weighted by molar-refractivity contribution is 5.73. The van der Waals surface area contributed by atoms with Crippen molar-refractivity contribution >= 4 is 6.03 Å². The lowest BCUT2D eigenvalue weighted by Crippen LogP contribution is -2.37. The van der Waals surface area contributed by atoms with Crippen molar-refractivity contribution in [3.8, 4) is 5.75 Å². The Hall–Kier alpha value is -1.71. The third-order valence-corrected chi connectivity index (χ3v) is 2.76. The van der Waals surface area contributed by atoms with Gasteiger partial charge in [-0.3, -0.25) is 0 Å². The highest BCUT2D eigenvalue weighted by Crippen LogP contribution is 2.12. The quantitative estimate of drug-likeness (QED) is 0.744. The number of carbonyl (C=O) groups is 1. The fraction of sp³-hybridized carbons (Fsp3) is 0.533. The number of urea groups is 1. The Labute approximate surface area is 115 Å². The number of ether oxygens (including phenoxy) is 1. The minimum absolute atomic E-state index is 0.0802. The molecule has 1 aromatic carbocycles. The van der Waals surface area contributed by atoms with Gasteiger partial charge in [0.05, 0.1) is 7.11 Å². The Morgan fingerprint density at radius 2 is 1.89 bits per heavy atom. The first kappa shape index (κ1) is 15.3. The van der Waals surface area contributed by atoms with Crippen molar-refractivity contribution < 1.29 is 9.53 Å². The molecule has 2 N–H and O–H groups in total. The van der Waals surface area contributed by atoms with Crippen LogP contribution in [0.15, 0.2) is 24.3 Å². The van der Waals surface area contributed by atoms with Crippen LogP contribution in [0.1, 0.15) is 25.8 Å². The van der Waals surface area contributed by atoms with Crippen molar-refractivity contribution in [3.05, 3.63) is 29.8 Å². The molecule has 0 aliphatic rings. The summed E-state index contributed by atoms with van der Waals surface area (Å²) in [4.78, 5) is 11.4. The summed E-state index contributed by atoms with van der Waals surface area (Å²) < 4.78 is 5.11. The highest BCUT2D eigenvalue weighted by Gasteiger charge is 2.00. The molecule has 0 spiro atoms. The Kier molecular flexibility index (Phi) is 6.79. The number of aryl methyl sites for hydroxylation is 1. The number of amides is 2. The van der Waals surface area contributed by atoms with Gasteiger partial charge < -0.3 is 15.4 Å². The molecule has 0 fully saturated rings. The van der Waals surface area contributed by atoms with E-state index in [-0.39, 0.29) is 6.03 Å². The van der Waals surface area contributed by atoms with Crippen molar-refractivity contribution in [1.29, 1.82) is 0 Å². The minimum Gasteiger partial charge on any atom is -0.497 e. The largest absolute Gasteiger partial charge is 0.497 e. The standard InChI is InChI=1S/C15H24N2O2/c1-12(2)11-17-15(18)16-10-4-5-13-6-8-14(19-3)9-7-13/h6-9,12H,4-5,10-11H2,1-3H3,(H2,16,17,18). The van der Waals surface area contributed by atoms with Gasteiger partial charge in [-0.1, -0.05) is 26.0 Å². The normalized spacial score (nSPS) is 10.3. The molecule has 106 valence electrons. The van der Waals surface area contributed by atoms with Gasteiger partial charge in [0, 0.05) is 13.1 Å². The van der Waals surface area contributed by atoms with E-state index in [0.717, 1.165) is 18.6 Å².